The van der Waals surface area contributed by atoms with Crippen molar-refractivity contribution in [1.82, 2.24) is 20.2 Å². The van der Waals surface area contributed by atoms with E-state index in [-0.39, 0.29) is 22.8 Å². The maximum Gasteiger partial charge on any atom is 0.355 e. The van der Waals surface area contributed by atoms with Gasteiger partial charge in [0, 0.05) is 5.56 Å². The fourth-order valence-corrected chi connectivity index (χ4v) is 2.50. The second kappa shape index (κ2) is 5.59. The Bertz CT molecular complexity index is 829. The Balaban J connectivity index is 2.29. The second-order valence-corrected chi connectivity index (χ2v) is 4.83. The Morgan fingerprint density at radius 1 is 1.35 bits per heavy atom. The van der Waals surface area contributed by atoms with E-state index in [0.717, 1.165) is 0 Å². The van der Waals surface area contributed by atoms with Crippen molar-refractivity contribution < 1.29 is 18.7 Å². The van der Waals surface area contributed by atoms with Gasteiger partial charge in [0.05, 0.1) is 12.7 Å². The maximum atomic E-state index is 14.3. The molecule has 0 saturated heterocycles. The van der Waals surface area contributed by atoms with E-state index in [1.165, 1.54) is 36.9 Å². The van der Waals surface area contributed by atoms with Crippen LogP contribution >= 0.6 is 0 Å². The zero-order valence-electron chi connectivity index (χ0n) is 12.3. The molecule has 0 saturated carbocycles. The number of ketones is 1. The number of hydrogen-bond donors (Lipinski definition) is 1. The summed E-state index contributed by atoms with van der Waals surface area (Å²) in [6.45, 7) is 1.28. The number of anilines is 1. The van der Waals surface area contributed by atoms with Crippen LogP contribution in [0.15, 0.2) is 35.5 Å². The Hall–Kier alpha value is -3.10. The van der Waals surface area contributed by atoms with Gasteiger partial charge in [-0.2, -0.15) is 4.68 Å². The van der Waals surface area contributed by atoms with E-state index in [4.69, 9.17) is 4.74 Å². The van der Waals surface area contributed by atoms with E-state index in [1.54, 1.807) is 6.07 Å². The molecule has 1 aliphatic rings. The van der Waals surface area contributed by atoms with Crippen LogP contribution in [0.1, 0.15) is 18.5 Å². The third-order valence-electron chi connectivity index (χ3n) is 3.49. The molecule has 0 radical (unpaired) electrons. The van der Waals surface area contributed by atoms with Gasteiger partial charge in [0.1, 0.15) is 17.6 Å². The molecular formula is C14H12FN5O3. The number of aromatic nitrogens is 4. The van der Waals surface area contributed by atoms with Crippen molar-refractivity contribution >= 4 is 17.7 Å². The molecule has 1 aromatic carbocycles. The molecule has 0 amide bonds. The summed E-state index contributed by atoms with van der Waals surface area (Å²) in [4.78, 5) is 24.2. The molecule has 1 aliphatic heterocycles. The minimum Gasteiger partial charge on any atom is -0.464 e. The molecular weight excluding hydrogens is 305 g/mol. The average molecular weight is 317 g/mol. The molecule has 3 rings (SSSR count). The zero-order chi connectivity index (χ0) is 16.6. The number of benzene rings is 1. The highest BCUT2D eigenvalue weighted by atomic mass is 19.1. The Morgan fingerprint density at radius 3 is 2.74 bits per heavy atom. The SMILES string of the molecule is COC(=O)C1=C(C(C)=O)C(c2ccccc2F)n2nnnc2N1. The Morgan fingerprint density at radius 2 is 2.09 bits per heavy atom. The van der Waals surface area contributed by atoms with E-state index in [1.807, 2.05) is 0 Å². The number of ether oxygens (including phenoxy) is 1. The summed E-state index contributed by atoms with van der Waals surface area (Å²) in [7, 11) is 1.18. The molecule has 1 aromatic heterocycles. The molecule has 23 heavy (non-hydrogen) atoms. The van der Waals surface area contributed by atoms with Crippen LogP contribution in [-0.4, -0.2) is 39.1 Å². The van der Waals surface area contributed by atoms with Gasteiger partial charge in [-0.05, 0) is 23.4 Å². The number of halogens is 1. The van der Waals surface area contributed by atoms with Crippen LogP contribution in [-0.2, 0) is 14.3 Å². The van der Waals surface area contributed by atoms with Crippen molar-refractivity contribution in [3.63, 3.8) is 0 Å². The molecule has 2 aromatic rings. The predicted octanol–water partition coefficient (Wildman–Crippen LogP) is 0.843. The zero-order valence-corrected chi connectivity index (χ0v) is 12.3. The Kier molecular flexibility index (Phi) is 3.61. The lowest BCUT2D eigenvalue weighted by Gasteiger charge is -2.27. The van der Waals surface area contributed by atoms with Crippen molar-refractivity contribution in [2.24, 2.45) is 0 Å². The van der Waals surface area contributed by atoms with Gasteiger partial charge in [-0.1, -0.05) is 23.3 Å². The number of nitrogens with one attached hydrogen (secondary N) is 1. The van der Waals surface area contributed by atoms with Gasteiger partial charge in [0.25, 0.3) is 0 Å². The van der Waals surface area contributed by atoms with Crippen molar-refractivity contribution in [3.05, 3.63) is 46.9 Å². The summed E-state index contributed by atoms with van der Waals surface area (Å²) in [6.07, 6.45) is 0. The number of nitrogens with zero attached hydrogens (tertiary/aromatic N) is 4. The van der Waals surface area contributed by atoms with E-state index >= 15 is 0 Å². The van der Waals surface area contributed by atoms with E-state index in [9.17, 15) is 14.0 Å². The number of allylic oxidation sites excluding steroid dienone is 1. The number of tetrazole rings is 1. The van der Waals surface area contributed by atoms with Crippen LogP contribution in [0, 0.1) is 5.82 Å². The van der Waals surface area contributed by atoms with Crippen LogP contribution in [0.3, 0.4) is 0 Å². The number of Topliss-reactive ketones (excluding diaryl/α,β-unsaturated/α-hetero) is 1. The van der Waals surface area contributed by atoms with Gasteiger partial charge >= 0.3 is 5.97 Å². The highest BCUT2D eigenvalue weighted by Crippen LogP contribution is 2.36. The average Bonchev–Trinajstić information content (AvgIpc) is 3.01. The summed E-state index contributed by atoms with van der Waals surface area (Å²) >= 11 is 0. The van der Waals surface area contributed by atoms with Gasteiger partial charge in [0.2, 0.25) is 5.95 Å². The molecule has 0 fully saturated rings. The summed E-state index contributed by atoms with van der Waals surface area (Å²) in [5, 5.41) is 13.7. The summed E-state index contributed by atoms with van der Waals surface area (Å²) in [5.74, 6) is -1.61. The fourth-order valence-electron chi connectivity index (χ4n) is 2.50. The lowest BCUT2D eigenvalue weighted by molar-refractivity contribution is -0.136. The topological polar surface area (TPSA) is 99.0 Å². The number of carbonyl (C=O) groups is 2. The smallest absolute Gasteiger partial charge is 0.355 e. The maximum absolute atomic E-state index is 14.3. The van der Waals surface area contributed by atoms with Crippen LogP contribution in [0.2, 0.25) is 0 Å². The highest BCUT2D eigenvalue weighted by Gasteiger charge is 2.37. The van der Waals surface area contributed by atoms with Crippen molar-refractivity contribution in [1.29, 1.82) is 0 Å². The van der Waals surface area contributed by atoms with Gasteiger partial charge in [0.15, 0.2) is 5.78 Å². The minimum atomic E-state index is -0.964. The molecule has 9 heteroatoms. The van der Waals surface area contributed by atoms with Crippen molar-refractivity contribution in [2.45, 2.75) is 13.0 Å². The van der Waals surface area contributed by atoms with Crippen molar-refractivity contribution in [3.8, 4) is 0 Å². The number of rotatable bonds is 3. The molecule has 0 bridgehead atoms. The molecule has 1 N–H and O–H groups in total. The van der Waals surface area contributed by atoms with Gasteiger partial charge in [-0.25, -0.2) is 9.18 Å². The summed E-state index contributed by atoms with van der Waals surface area (Å²) < 4.78 is 20.2. The standard InChI is InChI=1S/C14H12FN5O3/c1-7(21)10-11(13(22)23-2)16-14-17-18-19-20(14)12(10)8-5-3-4-6-9(8)15/h3-6,12H,1-2H3,(H,16,17,19). The highest BCUT2D eigenvalue weighted by molar-refractivity contribution is 6.05. The first-order valence-corrected chi connectivity index (χ1v) is 6.67. The number of hydrogen-bond acceptors (Lipinski definition) is 7. The summed E-state index contributed by atoms with van der Waals surface area (Å²) in [5.41, 5.74) is 0.103. The molecule has 1 atom stereocenters. The molecule has 118 valence electrons. The van der Waals surface area contributed by atoms with Gasteiger partial charge < -0.3 is 10.1 Å². The largest absolute Gasteiger partial charge is 0.464 e. The van der Waals surface area contributed by atoms with Crippen molar-refractivity contribution in [2.75, 3.05) is 12.4 Å². The van der Waals surface area contributed by atoms with Crippen LogP contribution in [0.5, 0.6) is 0 Å². The second-order valence-electron chi connectivity index (χ2n) is 4.83. The van der Waals surface area contributed by atoms with Crippen LogP contribution in [0.4, 0.5) is 10.3 Å². The normalized spacial score (nSPS) is 16.6. The lowest BCUT2D eigenvalue weighted by Crippen LogP contribution is -2.32. The predicted molar refractivity (Wildman–Crippen MR) is 75.7 cm³/mol. The van der Waals surface area contributed by atoms with E-state index in [0.29, 0.717) is 0 Å². The number of carbonyl (C=O) groups excluding carboxylic acids is 2. The van der Waals surface area contributed by atoms with Crippen LogP contribution in [0.25, 0.3) is 0 Å². The Labute approximate surface area is 129 Å². The number of methoxy groups -OCH3 is 1. The molecule has 0 spiro atoms. The molecule has 2 heterocycles. The quantitative estimate of drug-likeness (QED) is 0.838. The molecule has 1 unspecified atom stereocenters. The summed E-state index contributed by atoms with van der Waals surface area (Å²) in [6, 6.07) is 4.96. The monoisotopic (exact) mass is 317 g/mol. The first-order valence-electron chi connectivity index (χ1n) is 6.67. The number of fused-ring (bicyclic) bond motifs is 1. The molecule has 8 nitrogen and oxygen atoms in total. The van der Waals surface area contributed by atoms with Gasteiger partial charge in [-0.3, -0.25) is 4.79 Å². The third kappa shape index (κ3) is 2.35. The van der Waals surface area contributed by atoms with Gasteiger partial charge in [-0.15, -0.1) is 0 Å². The van der Waals surface area contributed by atoms with E-state index in [2.05, 4.69) is 20.8 Å². The molecule has 0 aliphatic carbocycles. The third-order valence-corrected chi connectivity index (χ3v) is 3.49. The first kappa shape index (κ1) is 14.8. The van der Waals surface area contributed by atoms with E-state index < -0.39 is 23.6 Å². The lowest BCUT2D eigenvalue weighted by atomic mass is 9.92. The minimum absolute atomic E-state index is 0.0294. The first-order chi connectivity index (χ1) is 11.0. The number of esters is 1. The van der Waals surface area contributed by atoms with Crippen LogP contribution < -0.4 is 5.32 Å². The fraction of sp³-hybridized carbons (Fsp3) is 0.214.